The Morgan fingerprint density at radius 2 is 1.65 bits per heavy atom. The molecule has 0 aliphatic heterocycles. The van der Waals surface area contributed by atoms with E-state index in [1.807, 2.05) is 0 Å². The molecule has 0 aliphatic carbocycles. The molecule has 0 saturated carbocycles. The van der Waals surface area contributed by atoms with Crippen LogP contribution in [0.1, 0.15) is 61.9 Å². The van der Waals surface area contributed by atoms with Crippen LogP contribution >= 0.6 is 0 Å². The van der Waals surface area contributed by atoms with Gasteiger partial charge in [-0.15, -0.1) is 0 Å². The first-order valence-electron chi connectivity index (χ1n) is 7.97. The van der Waals surface area contributed by atoms with E-state index >= 15 is 0 Å². The second-order valence-electron chi connectivity index (χ2n) is 5.61. The molecule has 0 bridgehead atoms. The maximum atomic E-state index is 6.01. The number of likely N-dealkylation sites (N-methyl/N-ethyl adjacent to an activating group) is 1. The number of nitrogens with one attached hydrogen (secondary N) is 1. The molecule has 1 aromatic rings. The summed E-state index contributed by atoms with van der Waals surface area (Å²) in [5.41, 5.74) is 5.48. The molecule has 20 heavy (non-hydrogen) atoms. The van der Waals surface area contributed by atoms with Gasteiger partial charge in [-0.3, -0.25) is 0 Å². The third kappa shape index (κ3) is 4.32. The highest BCUT2D eigenvalue weighted by molar-refractivity contribution is 5.38. The van der Waals surface area contributed by atoms with Crippen molar-refractivity contribution < 1.29 is 4.74 Å². The average molecular weight is 277 g/mol. The summed E-state index contributed by atoms with van der Waals surface area (Å²) in [4.78, 5) is 0. The summed E-state index contributed by atoms with van der Waals surface area (Å²) in [6.07, 6.45) is 2.50. The van der Waals surface area contributed by atoms with Crippen LogP contribution in [0.25, 0.3) is 0 Å². The molecule has 0 amide bonds. The highest BCUT2D eigenvalue weighted by Crippen LogP contribution is 2.27. The van der Waals surface area contributed by atoms with Gasteiger partial charge in [0.15, 0.2) is 0 Å². The normalized spacial score (nSPS) is 14.3. The Labute approximate surface area is 124 Å². The Bertz CT molecular complexity index is 408. The van der Waals surface area contributed by atoms with Gasteiger partial charge in [-0.25, -0.2) is 0 Å². The molecule has 2 heteroatoms. The van der Waals surface area contributed by atoms with Gasteiger partial charge in [0.1, 0.15) is 0 Å². The van der Waals surface area contributed by atoms with E-state index in [-0.39, 0.29) is 6.10 Å². The van der Waals surface area contributed by atoms with Crippen molar-refractivity contribution in [2.45, 2.75) is 66.5 Å². The third-order valence-corrected chi connectivity index (χ3v) is 3.97. The van der Waals surface area contributed by atoms with E-state index in [9.17, 15) is 0 Å². The van der Waals surface area contributed by atoms with E-state index < -0.39 is 0 Å². The number of benzene rings is 1. The van der Waals surface area contributed by atoms with Crippen LogP contribution in [0.4, 0.5) is 0 Å². The van der Waals surface area contributed by atoms with Crippen LogP contribution in [0, 0.1) is 20.8 Å². The third-order valence-electron chi connectivity index (χ3n) is 3.97. The summed E-state index contributed by atoms with van der Waals surface area (Å²) in [6.45, 7) is 14.8. The van der Waals surface area contributed by atoms with Gasteiger partial charge >= 0.3 is 0 Å². The maximum absolute atomic E-state index is 6.01. The zero-order valence-electron chi connectivity index (χ0n) is 14.0. The molecule has 0 heterocycles. The molecule has 0 saturated heterocycles. The number of ether oxygens (including phenoxy) is 1. The zero-order valence-corrected chi connectivity index (χ0v) is 14.0. The fourth-order valence-corrected chi connectivity index (χ4v) is 2.82. The van der Waals surface area contributed by atoms with Gasteiger partial charge in [0, 0.05) is 6.61 Å². The summed E-state index contributed by atoms with van der Waals surface area (Å²) in [6, 6.07) is 4.92. The van der Waals surface area contributed by atoms with Crippen molar-refractivity contribution in [2.75, 3.05) is 13.2 Å². The molecular weight excluding hydrogens is 246 g/mol. The minimum atomic E-state index is 0.255. The SMILES string of the molecule is CCCC(OCC)C(NCC)c1cc(C)c(C)cc1C. The largest absolute Gasteiger partial charge is 0.377 e. The first kappa shape index (κ1) is 17.2. The second kappa shape index (κ2) is 8.43. The summed E-state index contributed by atoms with van der Waals surface area (Å²) in [7, 11) is 0. The molecule has 0 spiro atoms. The zero-order chi connectivity index (χ0) is 15.1. The van der Waals surface area contributed by atoms with Gasteiger partial charge in [0.25, 0.3) is 0 Å². The number of hydrogen-bond donors (Lipinski definition) is 1. The van der Waals surface area contributed by atoms with Crippen LogP contribution < -0.4 is 5.32 Å². The smallest absolute Gasteiger partial charge is 0.0769 e. The van der Waals surface area contributed by atoms with Gasteiger partial charge in [-0.2, -0.15) is 0 Å². The highest BCUT2D eigenvalue weighted by atomic mass is 16.5. The van der Waals surface area contributed by atoms with Crippen molar-refractivity contribution in [1.29, 1.82) is 0 Å². The van der Waals surface area contributed by atoms with Crippen molar-refractivity contribution >= 4 is 0 Å². The fourth-order valence-electron chi connectivity index (χ4n) is 2.82. The standard InChI is InChI=1S/C18H31NO/c1-7-10-17(20-9-3)18(19-8-2)16-12-14(5)13(4)11-15(16)6/h11-12,17-19H,7-10H2,1-6H3. The van der Waals surface area contributed by atoms with Crippen LogP contribution in [0.15, 0.2) is 12.1 Å². The summed E-state index contributed by atoms with van der Waals surface area (Å²) < 4.78 is 6.01. The van der Waals surface area contributed by atoms with E-state index in [0.29, 0.717) is 6.04 Å². The second-order valence-corrected chi connectivity index (χ2v) is 5.61. The average Bonchev–Trinajstić information content (AvgIpc) is 2.40. The van der Waals surface area contributed by atoms with Crippen molar-refractivity contribution in [2.24, 2.45) is 0 Å². The lowest BCUT2D eigenvalue weighted by Gasteiger charge is -2.29. The highest BCUT2D eigenvalue weighted by Gasteiger charge is 2.24. The quantitative estimate of drug-likeness (QED) is 0.757. The Kier molecular flexibility index (Phi) is 7.25. The van der Waals surface area contributed by atoms with Gasteiger partial charge in [-0.05, 0) is 62.9 Å². The lowest BCUT2D eigenvalue weighted by molar-refractivity contribution is 0.0278. The lowest BCUT2D eigenvalue weighted by atomic mass is 9.91. The molecule has 0 radical (unpaired) electrons. The van der Waals surface area contributed by atoms with Crippen molar-refractivity contribution in [3.63, 3.8) is 0 Å². The number of aryl methyl sites for hydroxylation is 3. The molecule has 2 unspecified atom stereocenters. The molecule has 1 rings (SSSR count). The molecular formula is C18H31NO. The summed E-state index contributed by atoms with van der Waals surface area (Å²) in [5.74, 6) is 0. The predicted octanol–water partition coefficient (Wildman–Crippen LogP) is 4.47. The van der Waals surface area contributed by atoms with Gasteiger partial charge in [0.2, 0.25) is 0 Å². The first-order valence-corrected chi connectivity index (χ1v) is 7.97. The van der Waals surface area contributed by atoms with Gasteiger partial charge < -0.3 is 10.1 Å². The molecule has 2 atom stereocenters. The number of rotatable bonds is 8. The molecule has 114 valence electrons. The van der Waals surface area contributed by atoms with E-state index in [1.165, 1.54) is 22.3 Å². The monoisotopic (exact) mass is 277 g/mol. The summed E-state index contributed by atoms with van der Waals surface area (Å²) >= 11 is 0. The van der Waals surface area contributed by atoms with E-state index in [2.05, 4.69) is 59.0 Å². The first-order chi connectivity index (χ1) is 9.54. The molecule has 0 fully saturated rings. The minimum absolute atomic E-state index is 0.255. The molecule has 0 aromatic heterocycles. The number of hydrogen-bond acceptors (Lipinski definition) is 2. The maximum Gasteiger partial charge on any atom is 0.0769 e. The Hall–Kier alpha value is -0.860. The van der Waals surface area contributed by atoms with Crippen molar-refractivity contribution in [3.8, 4) is 0 Å². The van der Waals surface area contributed by atoms with Crippen molar-refractivity contribution in [3.05, 3.63) is 34.4 Å². The van der Waals surface area contributed by atoms with Crippen molar-refractivity contribution in [1.82, 2.24) is 5.32 Å². The molecule has 1 N–H and O–H groups in total. The Morgan fingerprint density at radius 1 is 1.00 bits per heavy atom. The topological polar surface area (TPSA) is 21.3 Å². The molecule has 0 aliphatic rings. The fraction of sp³-hybridized carbons (Fsp3) is 0.667. The van der Waals surface area contributed by atoms with Crippen LogP contribution in [-0.2, 0) is 4.74 Å². The molecule has 1 aromatic carbocycles. The van der Waals surface area contributed by atoms with Gasteiger partial charge in [0.05, 0.1) is 12.1 Å². The Morgan fingerprint density at radius 3 is 2.20 bits per heavy atom. The van der Waals surface area contributed by atoms with Gasteiger partial charge in [-0.1, -0.05) is 32.4 Å². The predicted molar refractivity (Wildman–Crippen MR) is 87.4 cm³/mol. The minimum Gasteiger partial charge on any atom is -0.377 e. The summed E-state index contributed by atoms with van der Waals surface area (Å²) in [5, 5.41) is 3.63. The molecule has 2 nitrogen and oxygen atoms in total. The Balaban J connectivity index is 3.13. The van der Waals surface area contributed by atoms with Crippen LogP contribution in [0.3, 0.4) is 0 Å². The van der Waals surface area contributed by atoms with E-state index in [0.717, 1.165) is 26.0 Å². The van der Waals surface area contributed by atoms with E-state index in [4.69, 9.17) is 4.74 Å². The van der Waals surface area contributed by atoms with E-state index in [1.54, 1.807) is 0 Å². The van der Waals surface area contributed by atoms with Crippen LogP contribution in [0.5, 0.6) is 0 Å². The van der Waals surface area contributed by atoms with Crippen LogP contribution in [-0.4, -0.2) is 19.3 Å². The lowest BCUT2D eigenvalue weighted by Crippen LogP contribution is -2.34. The van der Waals surface area contributed by atoms with Crippen LogP contribution in [0.2, 0.25) is 0 Å².